The van der Waals surface area contributed by atoms with Crippen LogP contribution in [0.2, 0.25) is 0 Å². The molecule has 2 rings (SSSR count). The summed E-state index contributed by atoms with van der Waals surface area (Å²) in [6.07, 6.45) is 0. The fourth-order valence-electron chi connectivity index (χ4n) is 1.28. The summed E-state index contributed by atoms with van der Waals surface area (Å²) in [7, 11) is 0. The van der Waals surface area contributed by atoms with Crippen molar-refractivity contribution in [1.29, 1.82) is 0 Å². The van der Waals surface area contributed by atoms with E-state index in [9.17, 15) is 9.90 Å². The molecule has 0 saturated heterocycles. The van der Waals surface area contributed by atoms with Gasteiger partial charge in [0.05, 0.1) is 6.61 Å². The van der Waals surface area contributed by atoms with Crippen LogP contribution in [0.25, 0.3) is 11.0 Å². The van der Waals surface area contributed by atoms with Gasteiger partial charge in [-0.2, -0.15) is 0 Å². The van der Waals surface area contributed by atoms with Crippen LogP contribution in [0.3, 0.4) is 0 Å². The predicted molar refractivity (Wildman–Crippen MR) is 50.1 cm³/mol. The average Bonchev–Trinajstić information content (AvgIpc) is 2.16. The molecule has 0 bridgehead atoms. The molecule has 4 nitrogen and oxygen atoms in total. The van der Waals surface area contributed by atoms with Gasteiger partial charge in [-0.1, -0.05) is 0 Å². The van der Waals surface area contributed by atoms with E-state index >= 15 is 0 Å². The smallest absolute Gasteiger partial charge is 0.336 e. The van der Waals surface area contributed by atoms with Crippen LogP contribution < -0.4 is 5.63 Å². The first kappa shape index (κ1) is 8.77. The second-order valence-corrected chi connectivity index (χ2v) is 2.93. The monoisotopic (exact) mass is 192 g/mol. The van der Waals surface area contributed by atoms with E-state index in [2.05, 4.69) is 0 Å². The van der Waals surface area contributed by atoms with Crippen molar-refractivity contribution in [1.82, 2.24) is 0 Å². The van der Waals surface area contributed by atoms with Crippen molar-refractivity contribution < 1.29 is 14.6 Å². The molecular weight excluding hydrogens is 184 g/mol. The number of hydrogen-bond acceptors (Lipinski definition) is 4. The molecule has 0 atom stereocenters. The molecule has 4 heteroatoms. The normalized spacial score (nSPS) is 10.6. The van der Waals surface area contributed by atoms with E-state index in [1.807, 2.05) is 0 Å². The number of hydrogen-bond donors (Lipinski definition) is 2. The molecule has 2 N–H and O–H groups in total. The van der Waals surface area contributed by atoms with E-state index < -0.39 is 5.63 Å². The molecule has 0 saturated carbocycles. The Hall–Kier alpha value is -1.81. The zero-order valence-electron chi connectivity index (χ0n) is 7.23. The summed E-state index contributed by atoms with van der Waals surface area (Å²) in [5.41, 5.74) is 0.257. The number of rotatable bonds is 1. The van der Waals surface area contributed by atoms with Gasteiger partial charge in [0.2, 0.25) is 0 Å². The molecule has 0 aliphatic rings. The minimum absolute atomic E-state index is 0.0747. The molecule has 0 aliphatic heterocycles. The second kappa shape index (κ2) is 3.16. The SMILES string of the molecule is O=c1ccc2cc(CO)c(O)cc2o1. The Bertz CT molecular complexity index is 527. The van der Waals surface area contributed by atoms with Gasteiger partial charge >= 0.3 is 5.63 Å². The van der Waals surface area contributed by atoms with Crippen molar-refractivity contribution in [2.24, 2.45) is 0 Å². The average molecular weight is 192 g/mol. The standard InChI is InChI=1S/C10H8O4/c11-5-7-3-6-1-2-10(13)14-9(6)4-8(7)12/h1-4,11-12H,5H2. The molecule has 1 aromatic carbocycles. The van der Waals surface area contributed by atoms with Crippen molar-refractivity contribution >= 4 is 11.0 Å². The summed E-state index contributed by atoms with van der Waals surface area (Å²) in [5.74, 6) is -0.0747. The van der Waals surface area contributed by atoms with Gasteiger partial charge in [0.25, 0.3) is 0 Å². The minimum Gasteiger partial charge on any atom is -0.507 e. The van der Waals surface area contributed by atoms with Crippen molar-refractivity contribution in [2.45, 2.75) is 6.61 Å². The highest BCUT2D eigenvalue weighted by Gasteiger charge is 2.04. The quantitative estimate of drug-likeness (QED) is 0.661. The third kappa shape index (κ3) is 1.36. The Labute approximate surface area is 79.0 Å². The zero-order valence-corrected chi connectivity index (χ0v) is 7.23. The number of phenols is 1. The first-order valence-corrected chi connectivity index (χ1v) is 4.07. The van der Waals surface area contributed by atoms with E-state index in [-0.39, 0.29) is 12.4 Å². The van der Waals surface area contributed by atoms with E-state index in [1.165, 1.54) is 12.1 Å². The Morgan fingerprint density at radius 3 is 2.79 bits per heavy atom. The number of aliphatic hydroxyl groups excluding tert-OH is 1. The van der Waals surface area contributed by atoms with Crippen molar-refractivity contribution in [3.8, 4) is 5.75 Å². The molecule has 0 radical (unpaired) electrons. The van der Waals surface area contributed by atoms with Crippen molar-refractivity contribution in [3.63, 3.8) is 0 Å². The first-order valence-electron chi connectivity index (χ1n) is 4.07. The molecule has 1 heterocycles. The molecule has 14 heavy (non-hydrogen) atoms. The Morgan fingerprint density at radius 2 is 2.07 bits per heavy atom. The highest BCUT2D eigenvalue weighted by Crippen LogP contribution is 2.23. The maximum atomic E-state index is 10.9. The van der Waals surface area contributed by atoms with Crippen molar-refractivity contribution in [3.05, 3.63) is 40.2 Å². The first-order chi connectivity index (χ1) is 6.70. The Balaban J connectivity index is 2.79. The molecular formula is C10H8O4. The molecule has 0 aliphatic carbocycles. The van der Waals surface area contributed by atoms with Crippen LogP contribution >= 0.6 is 0 Å². The molecule has 0 fully saturated rings. The third-order valence-electron chi connectivity index (χ3n) is 1.99. The number of fused-ring (bicyclic) bond motifs is 1. The molecule has 0 amide bonds. The summed E-state index contributed by atoms with van der Waals surface area (Å²) in [6, 6.07) is 5.77. The van der Waals surface area contributed by atoms with Gasteiger partial charge < -0.3 is 14.6 Å². The lowest BCUT2D eigenvalue weighted by Crippen LogP contribution is -1.95. The summed E-state index contributed by atoms with van der Waals surface area (Å²) in [4.78, 5) is 10.9. The van der Waals surface area contributed by atoms with E-state index in [4.69, 9.17) is 9.52 Å². The lowest BCUT2D eigenvalue weighted by molar-refractivity contribution is 0.275. The van der Waals surface area contributed by atoms with Crippen LogP contribution in [0.15, 0.2) is 33.5 Å². The summed E-state index contributed by atoms with van der Waals surface area (Å²) in [5, 5.41) is 18.9. The Kier molecular flexibility index (Phi) is 1.98. The molecule has 0 unspecified atom stereocenters. The topological polar surface area (TPSA) is 70.7 Å². The second-order valence-electron chi connectivity index (χ2n) is 2.93. The molecule has 2 aromatic rings. The predicted octanol–water partition coefficient (Wildman–Crippen LogP) is 0.991. The fraction of sp³-hybridized carbons (Fsp3) is 0.100. The maximum absolute atomic E-state index is 10.9. The lowest BCUT2D eigenvalue weighted by Gasteiger charge is -2.02. The van der Waals surface area contributed by atoms with Gasteiger partial charge in [0, 0.05) is 23.1 Å². The van der Waals surface area contributed by atoms with E-state index in [0.29, 0.717) is 16.5 Å². The van der Waals surface area contributed by atoms with Crippen LogP contribution in [0.1, 0.15) is 5.56 Å². The van der Waals surface area contributed by atoms with Gasteiger partial charge in [-0.3, -0.25) is 0 Å². The van der Waals surface area contributed by atoms with Gasteiger partial charge in [-0.25, -0.2) is 4.79 Å². The molecule has 0 spiro atoms. The number of aromatic hydroxyl groups is 1. The van der Waals surface area contributed by atoms with E-state index in [0.717, 1.165) is 0 Å². The fourth-order valence-corrected chi connectivity index (χ4v) is 1.28. The van der Waals surface area contributed by atoms with Crippen LogP contribution in [-0.4, -0.2) is 10.2 Å². The summed E-state index contributed by atoms with van der Waals surface area (Å²) < 4.78 is 4.84. The van der Waals surface area contributed by atoms with Crippen LogP contribution in [0.5, 0.6) is 5.75 Å². The highest BCUT2D eigenvalue weighted by atomic mass is 16.4. The van der Waals surface area contributed by atoms with Gasteiger partial charge in [0.15, 0.2) is 0 Å². The molecule has 72 valence electrons. The highest BCUT2D eigenvalue weighted by molar-refractivity contribution is 5.79. The number of benzene rings is 1. The minimum atomic E-state index is -0.464. The largest absolute Gasteiger partial charge is 0.507 e. The van der Waals surface area contributed by atoms with Gasteiger partial charge in [-0.05, 0) is 12.1 Å². The lowest BCUT2D eigenvalue weighted by atomic mass is 10.1. The van der Waals surface area contributed by atoms with Gasteiger partial charge in [-0.15, -0.1) is 0 Å². The summed E-state index contributed by atoms with van der Waals surface area (Å²) in [6.45, 7) is -0.249. The third-order valence-corrected chi connectivity index (χ3v) is 1.99. The number of aliphatic hydroxyl groups is 1. The van der Waals surface area contributed by atoms with Crippen LogP contribution in [0.4, 0.5) is 0 Å². The Morgan fingerprint density at radius 1 is 1.29 bits per heavy atom. The van der Waals surface area contributed by atoms with Crippen molar-refractivity contribution in [2.75, 3.05) is 0 Å². The summed E-state index contributed by atoms with van der Waals surface area (Å²) >= 11 is 0. The zero-order chi connectivity index (χ0) is 10.1. The van der Waals surface area contributed by atoms with Gasteiger partial charge in [0.1, 0.15) is 11.3 Å². The van der Waals surface area contributed by atoms with Crippen LogP contribution in [-0.2, 0) is 6.61 Å². The molecule has 1 aromatic heterocycles. The van der Waals surface area contributed by atoms with E-state index in [1.54, 1.807) is 12.1 Å². The maximum Gasteiger partial charge on any atom is 0.336 e. The van der Waals surface area contributed by atoms with Crippen LogP contribution in [0, 0.1) is 0 Å².